The van der Waals surface area contributed by atoms with E-state index >= 15 is 0 Å². The summed E-state index contributed by atoms with van der Waals surface area (Å²) in [5.41, 5.74) is 0. The minimum Gasteiger partial charge on any atom is -0.314 e. The van der Waals surface area contributed by atoms with Crippen LogP contribution in [0.25, 0.3) is 0 Å². The van der Waals surface area contributed by atoms with Crippen LogP contribution < -0.4 is 5.32 Å². The first-order chi connectivity index (χ1) is 6.68. The van der Waals surface area contributed by atoms with Gasteiger partial charge in [-0.3, -0.25) is 0 Å². The molecule has 0 aliphatic heterocycles. The summed E-state index contributed by atoms with van der Waals surface area (Å²) in [7, 11) is 2.32. The predicted octanol–water partition coefficient (Wildman–Crippen LogP) is 1.86. The normalized spacial score (nSPS) is 32.4. The van der Waals surface area contributed by atoms with Crippen molar-refractivity contribution in [1.82, 2.24) is 10.2 Å². The van der Waals surface area contributed by atoms with E-state index in [0.717, 1.165) is 18.0 Å². The van der Waals surface area contributed by atoms with Gasteiger partial charge in [0.1, 0.15) is 0 Å². The molecule has 0 heterocycles. The SMILES string of the molecule is CC(C)NCC1CCC1N(C)C1CC1. The van der Waals surface area contributed by atoms with Crippen molar-refractivity contribution in [2.24, 2.45) is 5.92 Å². The molecule has 0 saturated heterocycles. The fraction of sp³-hybridized carbons (Fsp3) is 1.00. The zero-order valence-corrected chi connectivity index (χ0v) is 9.79. The molecule has 14 heavy (non-hydrogen) atoms. The standard InChI is InChI=1S/C12H24N2/c1-9(2)13-8-10-4-7-12(10)14(3)11-5-6-11/h9-13H,4-8H2,1-3H3. The van der Waals surface area contributed by atoms with E-state index in [2.05, 4.69) is 31.1 Å². The Hall–Kier alpha value is -0.0800. The third kappa shape index (κ3) is 2.29. The zero-order valence-electron chi connectivity index (χ0n) is 9.79. The van der Waals surface area contributed by atoms with Crippen molar-refractivity contribution >= 4 is 0 Å². The van der Waals surface area contributed by atoms with E-state index in [-0.39, 0.29) is 0 Å². The fourth-order valence-electron chi connectivity index (χ4n) is 2.47. The molecule has 0 bridgehead atoms. The van der Waals surface area contributed by atoms with Gasteiger partial charge >= 0.3 is 0 Å². The molecular weight excluding hydrogens is 172 g/mol. The summed E-state index contributed by atoms with van der Waals surface area (Å²) in [5.74, 6) is 0.919. The van der Waals surface area contributed by atoms with E-state index in [4.69, 9.17) is 0 Å². The van der Waals surface area contributed by atoms with E-state index in [1.54, 1.807) is 0 Å². The number of nitrogens with one attached hydrogen (secondary N) is 1. The molecule has 2 atom stereocenters. The Balaban J connectivity index is 1.71. The predicted molar refractivity (Wildman–Crippen MR) is 60.4 cm³/mol. The van der Waals surface area contributed by atoms with Crippen LogP contribution >= 0.6 is 0 Å². The van der Waals surface area contributed by atoms with Gasteiger partial charge in [-0.05, 0) is 45.2 Å². The van der Waals surface area contributed by atoms with Gasteiger partial charge in [0.25, 0.3) is 0 Å². The van der Waals surface area contributed by atoms with E-state index in [1.807, 2.05) is 0 Å². The van der Waals surface area contributed by atoms with Crippen LogP contribution in [0.15, 0.2) is 0 Å². The highest BCUT2D eigenvalue weighted by Gasteiger charge is 2.39. The molecule has 0 spiro atoms. The number of hydrogen-bond donors (Lipinski definition) is 1. The van der Waals surface area contributed by atoms with Gasteiger partial charge in [0, 0.05) is 18.1 Å². The number of rotatable bonds is 5. The first kappa shape index (κ1) is 10.4. The summed E-state index contributed by atoms with van der Waals surface area (Å²) < 4.78 is 0. The van der Waals surface area contributed by atoms with Gasteiger partial charge in [-0.2, -0.15) is 0 Å². The van der Waals surface area contributed by atoms with Crippen LogP contribution in [0.2, 0.25) is 0 Å². The Morgan fingerprint density at radius 1 is 1.21 bits per heavy atom. The molecule has 0 amide bonds. The highest BCUT2D eigenvalue weighted by molar-refractivity contribution is 4.95. The monoisotopic (exact) mass is 196 g/mol. The summed E-state index contributed by atoms with van der Waals surface area (Å²) >= 11 is 0. The highest BCUT2D eigenvalue weighted by Crippen LogP contribution is 2.37. The maximum absolute atomic E-state index is 3.56. The third-order valence-electron chi connectivity index (χ3n) is 3.81. The summed E-state index contributed by atoms with van der Waals surface area (Å²) in [6.07, 6.45) is 5.74. The first-order valence-electron chi connectivity index (χ1n) is 6.14. The van der Waals surface area contributed by atoms with Crippen LogP contribution in [-0.2, 0) is 0 Å². The third-order valence-corrected chi connectivity index (χ3v) is 3.81. The van der Waals surface area contributed by atoms with Crippen molar-refractivity contribution in [3.63, 3.8) is 0 Å². The van der Waals surface area contributed by atoms with Gasteiger partial charge in [0.2, 0.25) is 0 Å². The molecule has 2 saturated carbocycles. The van der Waals surface area contributed by atoms with Crippen molar-refractivity contribution in [3.05, 3.63) is 0 Å². The minimum absolute atomic E-state index is 0.641. The summed E-state index contributed by atoms with van der Waals surface area (Å²) in [5, 5.41) is 3.56. The van der Waals surface area contributed by atoms with Crippen LogP contribution in [0, 0.1) is 5.92 Å². The van der Waals surface area contributed by atoms with Crippen LogP contribution in [0.1, 0.15) is 39.5 Å². The van der Waals surface area contributed by atoms with E-state index < -0.39 is 0 Å². The zero-order chi connectivity index (χ0) is 10.1. The number of hydrogen-bond acceptors (Lipinski definition) is 2. The smallest absolute Gasteiger partial charge is 0.0136 e. The lowest BCUT2D eigenvalue weighted by atomic mass is 9.78. The van der Waals surface area contributed by atoms with Gasteiger partial charge in [0.15, 0.2) is 0 Å². The van der Waals surface area contributed by atoms with Crippen molar-refractivity contribution in [3.8, 4) is 0 Å². The minimum atomic E-state index is 0.641. The van der Waals surface area contributed by atoms with E-state index in [1.165, 1.54) is 32.2 Å². The van der Waals surface area contributed by atoms with Crippen LogP contribution in [-0.4, -0.2) is 36.6 Å². The molecule has 2 fully saturated rings. The molecule has 2 unspecified atom stereocenters. The highest BCUT2D eigenvalue weighted by atomic mass is 15.2. The molecule has 82 valence electrons. The molecule has 0 radical (unpaired) electrons. The van der Waals surface area contributed by atoms with Gasteiger partial charge in [-0.25, -0.2) is 0 Å². The van der Waals surface area contributed by atoms with Gasteiger partial charge in [-0.1, -0.05) is 13.8 Å². The quantitative estimate of drug-likeness (QED) is 0.722. The van der Waals surface area contributed by atoms with Crippen molar-refractivity contribution < 1.29 is 0 Å². The maximum atomic E-state index is 3.56. The molecular formula is C12H24N2. The second kappa shape index (κ2) is 4.19. The Kier molecular flexibility index (Phi) is 3.13. The van der Waals surface area contributed by atoms with E-state index in [0.29, 0.717) is 6.04 Å². The van der Waals surface area contributed by atoms with E-state index in [9.17, 15) is 0 Å². The molecule has 2 heteroatoms. The average Bonchev–Trinajstić information content (AvgIpc) is 2.83. The van der Waals surface area contributed by atoms with Crippen molar-refractivity contribution in [2.45, 2.75) is 57.7 Å². The second-order valence-electron chi connectivity index (χ2n) is 5.36. The Morgan fingerprint density at radius 3 is 2.36 bits per heavy atom. The van der Waals surface area contributed by atoms with Gasteiger partial charge < -0.3 is 10.2 Å². The molecule has 0 aromatic rings. The Bertz CT molecular complexity index is 187. The largest absolute Gasteiger partial charge is 0.314 e. The first-order valence-corrected chi connectivity index (χ1v) is 6.14. The molecule has 2 rings (SSSR count). The summed E-state index contributed by atoms with van der Waals surface area (Å²) in [6, 6.07) is 2.46. The van der Waals surface area contributed by atoms with Crippen molar-refractivity contribution in [1.29, 1.82) is 0 Å². The lowest BCUT2D eigenvalue weighted by Crippen LogP contribution is -2.50. The van der Waals surface area contributed by atoms with Gasteiger partial charge in [0.05, 0.1) is 0 Å². The molecule has 1 N–H and O–H groups in total. The molecule has 2 nitrogen and oxygen atoms in total. The second-order valence-corrected chi connectivity index (χ2v) is 5.36. The number of nitrogens with zero attached hydrogens (tertiary/aromatic N) is 1. The topological polar surface area (TPSA) is 15.3 Å². The van der Waals surface area contributed by atoms with Crippen molar-refractivity contribution in [2.75, 3.05) is 13.6 Å². The average molecular weight is 196 g/mol. The van der Waals surface area contributed by atoms with Gasteiger partial charge in [-0.15, -0.1) is 0 Å². The van der Waals surface area contributed by atoms with Crippen LogP contribution in [0.5, 0.6) is 0 Å². The molecule has 2 aliphatic carbocycles. The summed E-state index contributed by atoms with van der Waals surface area (Å²) in [4.78, 5) is 2.64. The molecule has 2 aliphatic rings. The van der Waals surface area contributed by atoms with Crippen LogP contribution in [0.3, 0.4) is 0 Å². The fourth-order valence-corrected chi connectivity index (χ4v) is 2.47. The Morgan fingerprint density at radius 2 is 1.93 bits per heavy atom. The maximum Gasteiger partial charge on any atom is 0.0136 e. The molecule has 0 aromatic heterocycles. The summed E-state index contributed by atoms with van der Waals surface area (Å²) in [6.45, 7) is 5.69. The lowest BCUT2D eigenvalue weighted by Gasteiger charge is -2.43. The lowest BCUT2D eigenvalue weighted by molar-refractivity contribution is 0.0764. The Labute approximate surface area is 88.1 Å². The van der Waals surface area contributed by atoms with Crippen LogP contribution in [0.4, 0.5) is 0 Å². The molecule has 0 aromatic carbocycles.